The quantitative estimate of drug-likeness (QED) is 0.615. The van der Waals surface area contributed by atoms with Gasteiger partial charge in [-0.1, -0.05) is 12.1 Å². The summed E-state index contributed by atoms with van der Waals surface area (Å²) in [4.78, 5) is 2.26. The summed E-state index contributed by atoms with van der Waals surface area (Å²) in [7, 11) is 1.76. The normalized spacial score (nSPS) is 20.3. The number of hydrogen-bond acceptors (Lipinski definition) is 3. The number of para-hydroxylation sites is 1. The third-order valence-electron chi connectivity index (χ3n) is 3.25. The number of nitrogen functional groups attached to an aromatic ring is 1. The molecule has 0 amide bonds. The monoisotopic (exact) mass is 233 g/mol. The third-order valence-corrected chi connectivity index (χ3v) is 3.25. The summed E-state index contributed by atoms with van der Waals surface area (Å²) < 4.78 is 5.42. The highest BCUT2D eigenvalue weighted by Gasteiger charge is 2.21. The summed E-state index contributed by atoms with van der Waals surface area (Å²) in [6.45, 7) is 1.88. The molecular weight excluding hydrogens is 214 g/mol. The largest absolute Gasteiger partial charge is 0.384 e. The molecule has 0 spiro atoms. The molecule has 1 aromatic rings. The Bertz CT molecular complexity index is 405. The van der Waals surface area contributed by atoms with E-state index in [2.05, 4.69) is 4.90 Å². The Labute approximate surface area is 102 Å². The minimum Gasteiger partial charge on any atom is -0.384 e. The van der Waals surface area contributed by atoms with Gasteiger partial charge in [-0.3, -0.25) is 5.41 Å². The Morgan fingerprint density at radius 3 is 2.94 bits per heavy atom. The van der Waals surface area contributed by atoms with Crippen LogP contribution in [-0.2, 0) is 4.74 Å². The van der Waals surface area contributed by atoms with E-state index in [1.165, 1.54) is 0 Å². The highest BCUT2D eigenvalue weighted by Crippen LogP contribution is 2.24. The number of ether oxygens (including phenoxy) is 1. The molecule has 4 heteroatoms. The topological polar surface area (TPSA) is 62.3 Å². The third kappa shape index (κ3) is 2.58. The highest BCUT2D eigenvalue weighted by molar-refractivity contribution is 6.00. The first-order valence-corrected chi connectivity index (χ1v) is 5.93. The Morgan fingerprint density at radius 1 is 1.47 bits per heavy atom. The van der Waals surface area contributed by atoms with Crippen LogP contribution in [0.2, 0.25) is 0 Å². The van der Waals surface area contributed by atoms with Crippen LogP contribution in [0.1, 0.15) is 18.4 Å². The standard InChI is InChI=1S/C13H19N3O/c1-17-10-5-4-8-16(9-10)12-7-3-2-6-11(12)13(14)15/h2-3,6-7,10H,4-5,8-9H2,1H3,(H3,14,15). The summed E-state index contributed by atoms with van der Waals surface area (Å²) in [5, 5.41) is 7.61. The Hall–Kier alpha value is -1.55. The van der Waals surface area contributed by atoms with Crippen molar-refractivity contribution < 1.29 is 4.74 Å². The number of methoxy groups -OCH3 is 1. The van der Waals surface area contributed by atoms with E-state index < -0.39 is 0 Å². The lowest BCUT2D eigenvalue weighted by molar-refractivity contribution is 0.0893. The van der Waals surface area contributed by atoms with E-state index in [-0.39, 0.29) is 11.9 Å². The van der Waals surface area contributed by atoms with Gasteiger partial charge in [0.1, 0.15) is 5.84 Å². The van der Waals surface area contributed by atoms with Gasteiger partial charge in [0.05, 0.1) is 6.10 Å². The van der Waals surface area contributed by atoms with Crippen LogP contribution in [0.3, 0.4) is 0 Å². The Balaban J connectivity index is 2.24. The molecule has 1 heterocycles. The van der Waals surface area contributed by atoms with Crippen LogP contribution in [0.5, 0.6) is 0 Å². The van der Waals surface area contributed by atoms with Gasteiger partial charge < -0.3 is 15.4 Å². The summed E-state index contributed by atoms with van der Waals surface area (Å²) in [5.41, 5.74) is 7.47. The van der Waals surface area contributed by atoms with Crippen molar-refractivity contribution in [3.8, 4) is 0 Å². The van der Waals surface area contributed by atoms with E-state index in [0.717, 1.165) is 37.2 Å². The summed E-state index contributed by atoms with van der Waals surface area (Å²) >= 11 is 0. The van der Waals surface area contributed by atoms with Crippen molar-refractivity contribution in [2.75, 3.05) is 25.1 Å². The lowest BCUT2D eigenvalue weighted by atomic mass is 10.0. The smallest absolute Gasteiger partial charge is 0.124 e. The number of anilines is 1. The molecule has 0 aliphatic carbocycles. The lowest BCUT2D eigenvalue weighted by Crippen LogP contribution is -2.40. The maximum absolute atomic E-state index is 7.61. The number of piperidine rings is 1. The van der Waals surface area contributed by atoms with Gasteiger partial charge in [0.25, 0.3) is 0 Å². The van der Waals surface area contributed by atoms with Crippen molar-refractivity contribution in [1.82, 2.24) is 0 Å². The van der Waals surface area contributed by atoms with E-state index >= 15 is 0 Å². The van der Waals surface area contributed by atoms with Crippen LogP contribution in [0, 0.1) is 5.41 Å². The zero-order valence-electron chi connectivity index (χ0n) is 10.1. The zero-order chi connectivity index (χ0) is 12.3. The Morgan fingerprint density at radius 2 is 2.24 bits per heavy atom. The molecule has 0 bridgehead atoms. The van der Waals surface area contributed by atoms with Crippen LogP contribution in [0.4, 0.5) is 5.69 Å². The van der Waals surface area contributed by atoms with E-state index in [9.17, 15) is 0 Å². The molecule has 4 nitrogen and oxygen atoms in total. The van der Waals surface area contributed by atoms with Crippen molar-refractivity contribution in [2.45, 2.75) is 18.9 Å². The first-order valence-electron chi connectivity index (χ1n) is 5.93. The molecule has 17 heavy (non-hydrogen) atoms. The number of amidine groups is 1. The fourth-order valence-electron chi connectivity index (χ4n) is 2.33. The number of benzene rings is 1. The van der Waals surface area contributed by atoms with Crippen LogP contribution >= 0.6 is 0 Å². The molecule has 1 fully saturated rings. The molecule has 0 radical (unpaired) electrons. The average Bonchev–Trinajstić information content (AvgIpc) is 2.39. The zero-order valence-corrected chi connectivity index (χ0v) is 10.1. The minimum absolute atomic E-state index is 0.125. The van der Waals surface area contributed by atoms with Crippen LogP contribution in [0.15, 0.2) is 24.3 Å². The van der Waals surface area contributed by atoms with Crippen LogP contribution in [-0.4, -0.2) is 32.1 Å². The molecule has 0 saturated carbocycles. The van der Waals surface area contributed by atoms with Crippen LogP contribution in [0.25, 0.3) is 0 Å². The summed E-state index contributed by atoms with van der Waals surface area (Å²) in [5.74, 6) is 0.125. The second-order valence-corrected chi connectivity index (χ2v) is 4.38. The fourth-order valence-corrected chi connectivity index (χ4v) is 2.33. The molecule has 2 rings (SSSR count). The average molecular weight is 233 g/mol. The van der Waals surface area contributed by atoms with Gasteiger partial charge in [-0.25, -0.2) is 0 Å². The number of hydrogen-bond donors (Lipinski definition) is 2. The Kier molecular flexibility index (Phi) is 3.64. The number of nitrogens with two attached hydrogens (primary N) is 1. The van der Waals surface area contributed by atoms with Crippen molar-refractivity contribution >= 4 is 11.5 Å². The first kappa shape index (κ1) is 11.9. The SMILES string of the molecule is COC1CCCN(c2ccccc2C(=N)N)C1. The van der Waals surface area contributed by atoms with Gasteiger partial charge in [0.15, 0.2) is 0 Å². The molecule has 1 aliphatic rings. The first-order chi connectivity index (χ1) is 8.22. The predicted octanol–water partition coefficient (Wildman–Crippen LogP) is 1.59. The number of nitrogens with zero attached hydrogens (tertiary/aromatic N) is 1. The van der Waals surface area contributed by atoms with E-state index in [4.69, 9.17) is 15.9 Å². The maximum Gasteiger partial charge on any atom is 0.124 e. The van der Waals surface area contributed by atoms with Gasteiger partial charge in [-0.05, 0) is 25.0 Å². The fraction of sp³-hybridized carbons (Fsp3) is 0.462. The van der Waals surface area contributed by atoms with E-state index in [0.29, 0.717) is 0 Å². The van der Waals surface area contributed by atoms with E-state index in [1.807, 2.05) is 24.3 Å². The van der Waals surface area contributed by atoms with Gasteiger partial charge in [-0.15, -0.1) is 0 Å². The minimum atomic E-state index is 0.125. The number of rotatable bonds is 3. The molecule has 92 valence electrons. The molecule has 0 aromatic heterocycles. The lowest BCUT2D eigenvalue weighted by Gasteiger charge is -2.34. The van der Waals surface area contributed by atoms with Crippen LogP contribution < -0.4 is 10.6 Å². The molecule has 3 N–H and O–H groups in total. The molecule has 1 unspecified atom stereocenters. The highest BCUT2D eigenvalue weighted by atomic mass is 16.5. The number of nitrogens with one attached hydrogen (secondary N) is 1. The van der Waals surface area contributed by atoms with Gasteiger partial charge in [0.2, 0.25) is 0 Å². The van der Waals surface area contributed by atoms with Crippen molar-refractivity contribution in [3.63, 3.8) is 0 Å². The van der Waals surface area contributed by atoms with Crippen molar-refractivity contribution in [3.05, 3.63) is 29.8 Å². The predicted molar refractivity (Wildman–Crippen MR) is 69.7 cm³/mol. The van der Waals surface area contributed by atoms with Gasteiger partial charge in [0, 0.05) is 31.5 Å². The summed E-state index contributed by atoms with van der Waals surface area (Å²) in [6.07, 6.45) is 2.50. The molecule has 1 aromatic carbocycles. The van der Waals surface area contributed by atoms with Crippen molar-refractivity contribution in [2.24, 2.45) is 5.73 Å². The molecule has 1 saturated heterocycles. The van der Waals surface area contributed by atoms with Crippen molar-refractivity contribution in [1.29, 1.82) is 5.41 Å². The molecule has 1 atom stereocenters. The van der Waals surface area contributed by atoms with E-state index in [1.54, 1.807) is 7.11 Å². The molecular formula is C13H19N3O. The maximum atomic E-state index is 7.61. The van der Waals surface area contributed by atoms with Gasteiger partial charge >= 0.3 is 0 Å². The van der Waals surface area contributed by atoms with Gasteiger partial charge in [-0.2, -0.15) is 0 Å². The molecule has 1 aliphatic heterocycles. The summed E-state index contributed by atoms with van der Waals surface area (Å²) in [6, 6.07) is 7.82. The second-order valence-electron chi connectivity index (χ2n) is 4.38. The second kappa shape index (κ2) is 5.19.